The lowest BCUT2D eigenvalue weighted by molar-refractivity contribution is -0.0867. The predicted octanol–water partition coefficient (Wildman–Crippen LogP) is 1.99. The molecule has 0 saturated heterocycles. The molecule has 0 aromatic heterocycles. The van der Waals surface area contributed by atoms with Gasteiger partial charge in [-0.2, -0.15) is 0 Å². The first kappa shape index (κ1) is 8.73. The van der Waals surface area contributed by atoms with Crippen LogP contribution in [0.5, 0.6) is 0 Å². The Morgan fingerprint density at radius 2 is 1.69 bits per heavy atom. The molecule has 1 fully saturated rings. The van der Waals surface area contributed by atoms with Crippen LogP contribution in [0.3, 0.4) is 0 Å². The fraction of sp³-hybridized carbons (Fsp3) is 0.400. The molecule has 2 radical (unpaired) electrons. The third-order valence-electron chi connectivity index (χ3n) is 2.50. The van der Waals surface area contributed by atoms with Gasteiger partial charge in [0.1, 0.15) is 7.85 Å². The van der Waals surface area contributed by atoms with Crippen LogP contribution in [0.2, 0.25) is 0 Å². The SMILES string of the molecule is [B]c1ccc(C2CC(F)(F)C2)cc1. The van der Waals surface area contributed by atoms with Crippen LogP contribution in [0.25, 0.3) is 0 Å². The lowest BCUT2D eigenvalue weighted by Crippen LogP contribution is -2.33. The van der Waals surface area contributed by atoms with Gasteiger partial charge in [-0.3, -0.25) is 0 Å². The van der Waals surface area contributed by atoms with E-state index < -0.39 is 5.92 Å². The highest BCUT2D eigenvalue weighted by atomic mass is 19.3. The molecule has 3 heteroatoms. The van der Waals surface area contributed by atoms with Crippen molar-refractivity contribution in [2.45, 2.75) is 24.7 Å². The van der Waals surface area contributed by atoms with Gasteiger partial charge >= 0.3 is 0 Å². The van der Waals surface area contributed by atoms with Gasteiger partial charge in [-0.05, 0) is 11.5 Å². The van der Waals surface area contributed by atoms with Crippen molar-refractivity contribution in [3.8, 4) is 0 Å². The summed E-state index contributed by atoms with van der Waals surface area (Å²) in [6.07, 6.45) is -0.0339. The molecule has 0 amide bonds. The van der Waals surface area contributed by atoms with Gasteiger partial charge in [0.25, 0.3) is 0 Å². The van der Waals surface area contributed by atoms with Gasteiger partial charge in [0.15, 0.2) is 0 Å². The van der Waals surface area contributed by atoms with E-state index in [1.165, 1.54) is 0 Å². The Kier molecular flexibility index (Phi) is 1.90. The van der Waals surface area contributed by atoms with Gasteiger partial charge in [0, 0.05) is 12.8 Å². The molecular weight excluding hydrogens is 169 g/mol. The van der Waals surface area contributed by atoms with Crippen molar-refractivity contribution in [3.05, 3.63) is 29.8 Å². The van der Waals surface area contributed by atoms with Crippen LogP contribution in [0.4, 0.5) is 8.78 Å². The normalized spacial score (nSPS) is 21.1. The Morgan fingerprint density at radius 3 is 2.15 bits per heavy atom. The van der Waals surface area contributed by atoms with Crippen LogP contribution in [-0.2, 0) is 0 Å². The van der Waals surface area contributed by atoms with E-state index in [2.05, 4.69) is 0 Å². The van der Waals surface area contributed by atoms with Gasteiger partial charge in [-0.15, -0.1) is 0 Å². The molecule has 0 aliphatic heterocycles. The summed E-state index contributed by atoms with van der Waals surface area (Å²) in [6.45, 7) is 0. The minimum atomic E-state index is -2.44. The minimum absolute atomic E-state index is 0.0169. The number of halogens is 2. The van der Waals surface area contributed by atoms with Crippen LogP contribution in [0.1, 0.15) is 24.3 Å². The quantitative estimate of drug-likeness (QED) is 0.577. The van der Waals surface area contributed by atoms with E-state index in [1.807, 2.05) is 12.1 Å². The van der Waals surface area contributed by atoms with Crippen molar-refractivity contribution in [1.29, 1.82) is 0 Å². The Morgan fingerprint density at radius 1 is 1.15 bits per heavy atom. The number of hydrogen-bond acceptors (Lipinski definition) is 0. The van der Waals surface area contributed by atoms with E-state index in [1.54, 1.807) is 12.1 Å². The largest absolute Gasteiger partial charge is 0.249 e. The topological polar surface area (TPSA) is 0 Å². The van der Waals surface area contributed by atoms with Gasteiger partial charge < -0.3 is 0 Å². The molecule has 0 spiro atoms. The second kappa shape index (κ2) is 2.83. The second-order valence-electron chi connectivity index (χ2n) is 3.63. The molecule has 0 atom stereocenters. The summed E-state index contributed by atoms with van der Waals surface area (Å²) in [6, 6.07) is 7.17. The van der Waals surface area contributed by atoms with Crippen LogP contribution >= 0.6 is 0 Å². The molecule has 0 unspecified atom stereocenters. The molecule has 1 saturated carbocycles. The molecule has 13 heavy (non-hydrogen) atoms. The molecule has 0 N–H and O–H groups in total. The van der Waals surface area contributed by atoms with Crippen LogP contribution in [0.15, 0.2) is 24.3 Å². The van der Waals surface area contributed by atoms with Crippen molar-refractivity contribution in [2.75, 3.05) is 0 Å². The Bertz CT molecular complexity index is 297. The molecule has 1 aromatic rings. The van der Waals surface area contributed by atoms with Gasteiger partial charge in [-0.25, -0.2) is 8.78 Å². The lowest BCUT2D eigenvalue weighted by atomic mass is 9.76. The van der Waals surface area contributed by atoms with Crippen molar-refractivity contribution in [1.82, 2.24) is 0 Å². The number of rotatable bonds is 1. The molecule has 66 valence electrons. The zero-order chi connectivity index (χ0) is 9.47. The van der Waals surface area contributed by atoms with E-state index in [0.717, 1.165) is 5.56 Å². The predicted molar refractivity (Wildman–Crippen MR) is 48.8 cm³/mol. The van der Waals surface area contributed by atoms with Gasteiger partial charge in [0.05, 0.1) is 0 Å². The van der Waals surface area contributed by atoms with Crippen LogP contribution < -0.4 is 5.46 Å². The van der Waals surface area contributed by atoms with E-state index in [9.17, 15) is 8.78 Å². The smallest absolute Gasteiger partial charge is 0.207 e. The zero-order valence-electron chi connectivity index (χ0n) is 7.13. The van der Waals surface area contributed by atoms with E-state index >= 15 is 0 Å². The first-order valence-electron chi connectivity index (χ1n) is 4.30. The summed E-state index contributed by atoms with van der Waals surface area (Å²) < 4.78 is 25.1. The summed E-state index contributed by atoms with van der Waals surface area (Å²) in [5.74, 6) is -2.41. The van der Waals surface area contributed by atoms with E-state index in [0.29, 0.717) is 5.46 Å². The highest BCUT2D eigenvalue weighted by Gasteiger charge is 2.45. The molecule has 1 aromatic carbocycles. The van der Waals surface area contributed by atoms with Crippen LogP contribution in [0, 0.1) is 0 Å². The molecule has 1 aliphatic carbocycles. The number of alkyl halides is 2. The molecule has 1 aliphatic rings. The summed E-state index contributed by atoms with van der Waals surface area (Å²) in [5, 5.41) is 0. The highest BCUT2D eigenvalue weighted by Crippen LogP contribution is 2.47. The van der Waals surface area contributed by atoms with Crippen molar-refractivity contribution in [3.63, 3.8) is 0 Å². The summed E-state index contributed by atoms with van der Waals surface area (Å²) in [4.78, 5) is 0. The summed E-state index contributed by atoms with van der Waals surface area (Å²) >= 11 is 0. The second-order valence-corrected chi connectivity index (χ2v) is 3.63. The monoisotopic (exact) mass is 178 g/mol. The third kappa shape index (κ3) is 1.74. The Balaban J connectivity index is 2.08. The summed E-state index contributed by atoms with van der Waals surface area (Å²) in [5.41, 5.74) is 1.65. The summed E-state index contributed by atoms with van der Waals surface area (Å²) in [7, 11) is 5.49. The maximum Gasteiger partial charge on any atom is 0.249 e. The lowest BCUT2D eigenvalue weighted by Gasteiger charge is -2.35. The standard InChI is InChI=1S/C10H9BF2/c11-9-3-1-7(2-4-9)8-5-10(12,13)6-8/h1-4,8H,5-6H2. The van der Waals surface area contributed by atoms with Gasteiger partial charge in [-0.1, -0.05) is 29.7 Å². The molecular formula is C10H9BF2. The molecule has 0 nitrogen and oxygen atoms in total. The highest BCUT2D eigenvalue weighted by molar-refractivity contribution is 6.32. The fourth-order valence-electron chi connectivity index (χ4n) is 1.67. The first-order valence-corrected chi connectivity index (χ1v) is 4.30. The van der Waals surface area contributed by atoms with Crippen molar-refractivity contribution < 1.29 is 8.78 Å². The average Bonchev–Trinajstić information content (AvgIpc) is 2.01. The molecule has 0 bridgehead atoms. The molecule has 2 rings (SSSR count). The maximum atomic E-state index is 12.5. The van der Waals surface area contributed by atoms with E-state index in [4.69, 9.17) is 7.85 Å². The third-order valence-corrected chi connectivity index (χ3v) is 2.50. The van der Waals surface area contributed by atoms with Crippen LogP contribution in [-0.4, -0.2) is 13.8 Å². The van der Waals surface area contributed by atoms with E-state index in [-0.39, 0.29) is 18.8 Å². The minimum Gasteiger partial charge on any atom is -0.207 e. The Hall–Kier alpha value is -0.855. The molecule has 0 heterocycles. The van der Waals surface area contributed by atoms with Crippen molar-refractivity contribution >= 4 is 13.3 Å². The average molecular weight is 178 g/mol. The fourth-order valence-corrected chi connectivity index (χ4v) is 1.67. The number of hydrogen-bond donors (Lipinski definition) is 0. The van der Waals surface area contributed by atoms with Gasteiger partial charge in [0.2, 0.25) is 5.92 Å². The number of benzene rings is 1. The first-order chi connectivity index (χ1) is 6.07. The zero-order valence-corrected chi connectivity index (χ0v) is 7.13. The van der Waals surface area contributed by atoms with Crippen molar-refractivity contribution in [2.24, 2.45) is 0 Å². The maximum absolute atomic E-state index is 12.5. The Labute approximate surface area is 77.4 Å².